The Morgan fingerprint density at radius 3 is 3.31 bits per heavy atom. The van der Waals surface area contributed by atoms with Crippen molar-refractivity contribution in [3.63, 3.8) is 0 Å². The van der Waals surface area contributed by atoms with E-state index in [1.165, 1.54) is 10.4 Å². The van der Waals surface area contributed by atoms with Crippen molar-refractivity contribution in [2.24, 2.45) is 5.84 Å². The number of rotatable bonds is 0. The molecule has 0 bridgehead atoms. The van der Waals surface area contributed by atoms with Gasteiger partial charge in [-0.25, -0.2) is 10.6 Å². The number of carbonyl (C=O) groups excluding carboxylic acids is 1. The van der Waals surface area contributed by atoms with Gasteiger partial charge < -0.3 is 4.90 Å². The van der Waals surface area contributed by atoms with Gasteiger partial charge in [0.1, 0.15) is 0 Å². The van der Waals surface area contributed by atoms with E-state index in [1.54, 1.807) is 16.2 Å². The standard InChI is InChI=1S/C8H11N3OS/c9-10-8(12)11-3-1-7-6(5-11)2-4-13-7/h2,4H,1,3,5,9H2,(H,10,12). The molecule has 1 aliphatic heterocycles. The summed E-state index contributed by atoms with van der Waals surface area (Å²) >= 11 is 1.76. The van der Waals surface area contributed by atoms with Crippen LogP contribution in [-0.4, -0.2) is 17.5 Å². The number of nitrogens with zero attached hydrogens (tertiary/aromatic N) is 1. The van der Waals surface area contributed by atoms with E-state index in [2.05, 4.69) is 16.9 Å². The number of hydrogen-bond acceptors (Lipinski definition) is 3. The van der Waals surface area contributed by atoms with Crippen LogP contribution in [0.15, 0.2) is 11.4 Å². The maximum absolute atomic E-state index is 11.2. The Hall–Kier alpha value is -1.07. The third-order valence-electron chi connectivity index (χ3n) is 2.22. The van der Waals surface area contributed by atoms with E-state index >= 15 is 0 Å². The summed E-state index contributed by atoms with van der Waals surface area (Å²) in [5, 5.41) is 2.06. The SMILES string of the molecule is NNC(=O)N1CCc2sccc2C1. The number of amides is 2. The van der Waals surface area contributed by atoms with Gasteiger partial charge in [0, 0.05) is 18.0 Å². The lowest BCUT2D eigenvalue weighted by Gasteiger charge is -2.26. The maximum Gasteiger partial charge on any atom is 0.331 e. The number of carbonyl (C=O) groups is 1. The fraction of sp³-hybridized carbons (Fsp3) is 0.375. The number of nitrogens with two attached hydrogens (primary N) is 1. The molecule has 0 saturated carbocycles. The van der Waals surface area contributed by atoms with E-state index in [-0.39, 0.29) is 6.03 Å². The summed E-state index contributed by atoms with van der Waals surface area (Å²) in [5.41, 5.74) is 3.40. The molecule has 1 aliphatic rings. The molecule has 4 nitrogen and oxygen atoms in total. The first-order chi connectivity index (χ1) is 6.31. The fourth-order valence-corrected chi connectivity index (χ4v) is 2.40. The predicted octanol–water partition coefficient (Wildman–Crippen LogP) is 0.689. The Labute approximate surface area is 80.3 Å². The topological polar surface area (TPSA) is 58.4 Å². The fourth-order valence-electron chi connectivity index (χ4n) is 1.51. The third kappa shape index (κ3) is 1.52. The Morgan fingerprint density at radius 1 is 1.69 bits per heavy atom. The molecule has 2 amide bonds. The summed E-state index contributed by atoms with van der Waals surface area (Å²) < 4.78 is 0. The van der Waals surface area contributed by atoms with Crippen LogP contribution in [0.25, 0.3) is 0 Å². The van der Waals surface area contributed by atoms with Crippen LogP contribution in [0, 0.1) is 0 Å². The highest BCUT2D eigenvalue weighted by Gasteiger charge is 2.20. The van der Waals surface area contributed by atoms with Gasteiger partial charge in [-0.1, -0.05) is 0 Å². The van der Waals surface area contributed by atoms with Gasteiger partial charge in [0.2, 0.25) is 0 Å². The molecule has 0 fully saturated rings. The molecule has 2 heterocycles. The highest BCUT2D eigenvalue weighted by Crippen LogP contribution is 2.23. The summed E-state index contributed by atoms with van der Waals surface area (Å²) in [6.07, 6.45) is 0.945. The molecule has 2 rings (SSSR count). The number of nitrogens with one attached hydrogen (secondary N) is 1. The van der Waals surface area contributed by atoms with Gasteiger partial charge in [-0.05, 0) is 23.4 Å². The van der Waals surface area contributed by atoms with E-state index in [9.17, 15) is 4.79 Å². The first-order valence-electron chi connectivity index (χ1n) is 4.12. The molecule has 1 aromatic heterocycles. The number of thiophene rings is 1. The normalized spacial score (nSPS) is 15.3. The van der Waals surface area contributed by atoms with Gasteiger partial charge in [0.15, 0.2) is 0 Å². The largest absolute Gasteiger partial charge is 0.331 e. The Balaban J connectivity index is 2.13. The molecule has 0 unspecified atom stereocenters. The molecular formula is C8H11N3OS. The van der Waals surface area contributed by atoms with E-state index < -0.39 is 0 Å². The molecule has 0 aliphatic carbocycles. The molecule has 0 radical (unpaired) electrons. The highest BCUT2D eigenvalue weighted by molar-refractivity contribution is 7.10. The average Bonchev–Trinajstić information content (AvgIpc) is 2.63. The Bertz CT molecular complexity index is 323. The second kappa shape index (κ2) is 3.35. The first-order valence-corrected chi connectivity index (χ1v) is 5.00. The van der Waals surface area contributed by atoms with Crippen molar-refractivity contribution >= 4 is 17.4 Å². The predicted molar refractivity (Wildman–Crippen MR) is 51.2 cm³/mol. The zero-order valence-electron chi connectivity index (χ0n) is 7.12. The second-order valence-electron chi connectivity index (χ2n) is 2.99. The summed E-state index contributed by atoms with van der Waals surface area (Å²) in [4.78, 5) is 14.3. The number of hydrogen-bond donors (Lipinski definition) is 2. The second-order valence-corrected chi connectivity index (χ2v) is 3.99. The van der Waals surface area contributed by atoms with Gasteiger partial charge in [-0.3, -0.25) is 5.43 Å². The van der Waals surface area contributed by atoms with Crippen molar-refractivity contribution in [1.82, 2.24) is 10.3 Å². The van der Waals surface area contributed by atoms with E-state index in [0.717, 1.165) is 13.0 Å². The summed E-state index contributed by atoms with van der Waals surface area (Å²) in [7, 11) is 0. The Kier molecular flexibility index (Phi) is 2.20. The minimum atomic E-state index is -0.197. The van der Waals surface area contributed by atoms with Gasteiger partial charge in [-0.15, -0.1) is 11.3 Å². The van der Waals surface area contributed by atoms with Gasteiger partial charge in [0.05, 0.1) is 0 Å². The van der Waals surface area contributed by atoms with Crippen LogP contribution < -0.4 is 11.3 Å². The van der Waals surface area contributed by atoms with Gasteiger partial charge in [0.25, 0.3) is 0 Å². The van der Waals surface area contributed by atoms with Crippen molar-refractivity contribution in [2.45, 2.75) is 13.0 Å². The lowest BCUT2D eigenvalue weighted by molar-refractivity contribution is 0.193. The zero-order valence-corrected chi connectivity index (χ0v) is 7.93. The van der Waals surface area contributed by atoms with Crippen molar-refractivity contribution in [1.29, 1.82) is 0 Å². The van der Waals surface area contributed by atoms with Crippen LogP contribution >= 0.6 is 11.3 Å². The molecular weight excluding hydrogens is 186 g/mol. The molecule has 0 saturated heterocycles. The summed E-state index contributed by atoms with van der Waals surface area (Å²) in [6, 6.07) is 1.87. The van der Waals surface area contributed by atoms with Crippen molar-refractivity contribution in [2.75, 3.05) is 6.54 Å². The van der Waals surface area contributed by atoms with Crippen LogP contribution in [0.1, 0.15) is 10.4 Å². The zero-order chi connectivity index (χ0) is 9.26. The van der Waals surface area contributed by atoms with E-state index in [4.69, 9.17) is 5.84 Å². The minimum absolute atomic E-state index is 0.197. The average molecular weight is 197 g/mol. The van der Waals surface area contributed by atoms with Gasteiger partial charge >= 0.3 is 6.03 Å². The van der Waals surface area contributed by atoms with Crippen LogP contribution in [0.3, 0.4) is 0 Å². The highest BCUT2D eigenvalue weighted by atomic mass is 32.1. The van der Waals surface area contributed by atoms with Crippen LogP contribution in [0.2, 0.25) is 0 Å². The first kappa shape index (κ1) is 8.52. The number of urea groups is 1. The summed E-state index contributed by atoms with van der Waals surface area (Å²) in [5.74, 6) is 5.06. The van der Waals surface area contributed by atoms with Gasteiger partial charge in [-0.2, -0.15) is 0 Å². The quantitative estimate of drug-likeness (QED) is 0.365. The molecule has 70 valence electrons. The lowest BCUT2D eigenvalue weighted by Crippen LogP contribution is -2.45. The molecule has 1 aromatic rings. The van der Waals surface area contributed by atoms with E-state index in [0.29, 0.717) is 6.54 Å². The molecule has 5 heteroatoms. The molecule has 0 spiro atoms. The third-order valence-corrected chi connectivity index (χ3v) is 3.24. The van der Waals surface area contributed by atoms with Crippen molar-refractivity contribution in [3.8, 4) is 0 Å². The molecule has 0 atom stereocenters. The monoisotopic (exact) mass is 197 g/mol. The van der Waals surface area contributed by atoms with Crippen molar-refractivity contribution < 1.29 is 4.79 Å². The molecule has 0 aromatic carbocycles. The Morgan fingerprint density at radius 2 is 2.54 bits per heavy atom. The smallest absolute Gasteiger partial charge is 0.319 e. The number of hydrazine groups is 1. The molecule has 13 heavy (non-hydrogen) atoms. The van der Waals surface area contributed by atoms with Crippen molar-refractivity contribution in [3.05, 3.63) is 21.9 Å². The molecule has 3 N–H and O–H groups in total. The van der Waals surface area contributed by atoms with E-state index in [1.807, 2.05) is 0 Å². The minimum Gasteiger partial charge on any atom is -0.319 e. The summed E-state index contributed by atoms with van der Waals surface area (Å²) in [6.45, 7) is 1.44. The van der Waals surface area contributed by atoms with Crippen LogP contribution in [-0.2, 0) is 13.0 Å². The van der Waals surface area contributed by atoms with Crippen LogP contribution in [0.4, 0.5) is 4.79 Å². The van der Waals surface area contributed by atoms with Crippen LogP contribution in [0.5, 0.6) is 0 Å². The number of fused-ring (bicyclic) bond motifs is 1. The lowest BCUT2D eigenvalue weighted by atomic mass is 10.1. The maximum atomic E-state index is 11.2.